The first-order valence-electron chi connectivity index (χ1n) is 5.79. The van der Waals surface area contributed by atoms with Gasteiger partial charge in [-0.25, -0.2) is 4.79 Å². The highest BCUT2D eigenvalue weighted by atomic mass is 16.4. The molecule has 1 aliphatic heterocycles. The Kier molecular flexibility index (Phi) is 2.49. The third-order valence-electron chi connectivity index (χ3n) is 3.26. The Hall–Kier alpha value is -1.59. The molecule has 1 atom stereocenters. The van der Waals surface area contributed by atoms with Gasteiger partial charge in [0, 0.05) is 32.7 Å². The quantitative estimate of drug-likeness (QED) is 0.747. The molecular formula is C12H15N3O2. The van der Waals surface area contributed by atoms with Crippen LogP contribution >= 0.6 is 0 Å². The van der Waals surface area contributed by atoms with E-state index in [2.05, 4.69) is 10.6 Å². The molecule has 2 heterocycles. The number of rotatable bonds is 1. The molecule has 1 aromatic carbocycles. The fourth-order valence-electron chi connectivity index (χ4n) is 2.25. The molecule has 1 saturated heterocycles. The standard InChI is InChI=1S/C12H15N3O2/c1-15-10-6-8(9-7-13-4-5-14-9)2-3-11(10)17-12(15)16/h2-3,6,9,13-14H,4-5,7H2,1H3. The van der Waals surface area contributed by atoms with Gasteiger partial charge < -0.3 is 15.1 Å². The lowest BCUT2D eigenvalue weighted by atomic mass is 10.0. The summed E-state index contributed by atoms with van der Waals surface area (Å²) in [6.45, 7) is 2.88. The summed E-state index contributed by atoms with van der Waals surface area (Å²) < 4.78 is 6.65. The second-order valence-electron chi connectivity index (χ2n) is 4.36. The zero-order valence-corrected chi connectivity index (χ0v) is 9.69. The maximum atomic E-state index is 11.4. The third kappa shape index (κ3) is 1.77. The minimum absolute atomic E-state index is 0.304. The molecule has 17 heavy (non-hydrogen) atoms. The largest absolute Gasteiger partial charge is 0.419 e. The average molecular weight is 233 g/mol. The van der Waals surface area contributed by atoms with E-state index < -0.39 is 0 Å². The van der Waals surface area contributed by atoms with Gasteiger partial charge in [-0.3, -0.25) is 4.57 Å². The highest BCUT2D eigenvalue weighted by Gasteiger charge is 2.16. The van der Waals surface area contributed by atoms with Crippen molar-refractivity contribution in [3.8, 4) is 0 Å². The predicted molar refractivity (Wildman–Crippen MR) is 65.1 cm³/mol. The first-order valence-corrected chi connectivity index (χ1v) is 5.79. The molecule has 1 aliphatic rings. The molecule has 0 amide bonds. The molecule has 0 bridgehead atoms. The zero-order valence-electron chi connectivity index (χ0n) is 9.69. The maximum Gasteiger partial charge on any atom is 0.419 e. The molecule has 2 N–H and O–H groups in total. The van der Waals surface area contributed by atoms with E-state index in [1.807, 2.05) is 18.2 Å². The molecule has 0 saturated carbocycles. The second-order valence-corrected chi connectivity index (χ2v) is 4.36. The van der Waals surface area contributed by atoms with Crippen molar-refractivity contribution in [3.63, 3.8) is 0 Å². The number of hydrogen-bond acceptors (Lipinski definition) is 4. The summed E-state index contributed by atoms with van der Waals surface area (Å²) in [5.41, 5.74) is 2.67. The van der Waals surface area contributed by atoms with Gasteiger partial charge in [0.05, 0.1) is 5.52 Å². The fourth-order valence-corrected chi connectivity index (χ4v) is 2.25. The third-order valence-corrected chi connectivity index (χ3v) is 3.26. The van der Waals surface area contributed by atoms with Crippen LogP contribution in [0.25, 0.3) is 11.1 Å². The van der Waals surface area contributed by atoms with Crippen molar-refractivity contribution >= 4 is 11.1 Å². The molecular weight excluding hydrogens is 218 g/mol. The van der Waals surface area contributed by atoms with Crippen LogP contribution in [0.3, 0.4) is 0 Å². The molecule has 0 spiro atoms. The number of piperazine rings is 1. The van der Waals surface area contributed by atoms with Gasteiger partial charge in [-0.2, -0.15) is 0 Å². The number of nitrogens with one attached hydrogen (secondary N) is 2. The van der Waals surface area contributed by atoms with Gasteiger partial charge in [-0.15, -0.1) is 0 Å². The van der Waals surface area contributed by atoms with Crippen molar-refractivity contribution in [2.45, 2.75) is 6.04 Å². The van der Waals surface area contributed by atoms with E-state index in [-0.39, 0.29) is 5.76 Å². The van der Waals surface area contributed by atoms with Crippen LogP contribution in [0.15, 0.2) is 27.4 Å². The Morgan fingerprint density at radius 2 is 2.29 bits per heavy atom. The summed E-state index contributed by atoms with van der Waals surface area (Å²) in [5, 5.41) is 6.79. The molecule has 0 aliphatic carbocycles. The predicted octanol–water partition coefficient (Wildman–Crippen LogP) is 0.365. The molecule has 0 radical (unpaired) electrons. The van der Waals surface area contributed by atoms with Crippen LogP contribution in [-0.2, 0) is 7.05 Å². The van der Waals surface area contributed by atoms with Gasteiger partial charge in [-0.1, -0.05) is 6.07 Å². The molecule has 90 valence electrons. The first kappa shape index (κ1) is 10.6. The van der Waals surface area contributed by atoms with Crippen LogP contribution in [0.4, 0.5) is 0 Å². The SMILES string of the molecule is Cn1c(=O)oc2ccc(C3CNCCN3)cc21. The topological polar surface area (TPSA) is 59.2 Å². The minimum Gasteiger partial charge on any atom is -0.408 e. The number of aryl methyl sites for hydroxylation is 1. The Morgan fingerprint density at radius 3 is 3.06 bits per heavy atom. The number of fused-ring (bicyclic) bond motifs is 1. The van der Waals surface area contributed by atoms with Gasteiger partial charge in [0.1, 0.15) is 0 Å². The Labute approximate surface area is 98.4 Å². The van der Waals surface area contributed by atoms with Crippen molar-refractivity contribution in [3.05, 3.63) is 34.3 Å². The van der Waals surface area contributed by atoms with Crippen LogP contribution in [0.2, 0.25) is 0 Å². The highest BCUT2D eigenvalue weighted by Crippen LogP contribution is 2.19. The Morgan fingerprint density at radius 1 is 1.41 bits per heavy atom. The molecule has 5 nitrogen and oxygen atoms in total. The normalized spacial score (nSPS) is 20.9. The van der Waals surface area contributed by atoms with E-state index in [1.165, 1.54) is 10.1 Å². The Balaban J connectivity index is 2.05. The molecule has 2 aromatic rings. The lowest BCUT2D eigenvalue weighted by Gasteiger charge is -2.24. The smallest absolute Gasteiger partial charge is 0.408 e. The Bertz CT molecular complexity index is 593. The highest BCUT2D eigenvalue weighted by molar-refractivity contribution is 5.73. The van der Waals surface area contributed by atoms with E-state index >= 15 is 0 Å². The summed E-state index contributed by atoms with van der Waals surface area (Å²) in [5.74, 6) is -0.313. The van der Waals surface area contributed by atoms with Gasteiger partial charge in [0.25, 0.3) is 0 Å². The van der Waals surface area contributed by atoms with Crippen LogP contribution in [-0.4, -0.2) is 24.2 Å². The van der Waals surface area contributed by atoms with Crippen molar-refractivity contribution in [2.24, 2.45) is 7.05 Å². The summed E-state index contributed by atoms with van der Waals surface area (Å²) in [7, 11) is 1.73. The molecule has 1 aromatic heterocycles. The van der Waals surface area contributed by atoms with E-state index in [0.29, 0.717) is 11.6 Å². The summed E-state index contributed by atoms with van der Waals surface area (Å²) in [6, 6.07) is 6.20. The van der Waals surface area contributed by atoms with Crippen LogP contribution in [0.5, 0.6) is 0 Å². The van der Waals surface area contributed by atoms with E-state index in [1.54, 1.807) is 7.05 Å². The van der Waals surface area contributed by atoms with Gasteiger partial charge in [0.15, 0.2) is 5.58 Å². The van der Waals surface area contributed by atoms with Crippen molar-refractivity contribution < 1.29 is 4.42 Å². The summed E-state index contributed by atoms with van der Waals surface area (Å²) >= 11 is 0. The molecule has 1 unspecified atom stereocenters. The van der Waals surface area contributed by atoms with Crippen molar-refractivity contribution in [1.29, 1.82) is 0 Å². The minimum atomic E-state index is -0.313. The van der Waals surface area contributed by atoms with Gasteiger partial charge in [0.2, 0.25) is 0 Å². The van der Waals surface area contributed by atoms with Gasteiger partial charge in [-0.05, 0) is 17.7 Å². The number of hydrogen-bond donors (Lipinski definition) is 2. The lowest BCUT2D eigenvalue weighted by Crippen LogP contribution is -2.42. The average Bonchev–Trinajstić information content (AvgIpc) is 2.66. The maximum absolute atomic E-state index is 11.4. The number of nitrogens with zero attached hydrogens (tertiary/aromatic N) is 1. The van der Waals surface area contributed by atoms with Gasteiger partial charge >= 0.3 is 5.76 Å². The zero-order chi connectivity index (χ0) is 11.8. The molecule has 1 fully saturated rings. The van der Waals surface area contributed by atoms with Crippen LogP contribution in [0, 0.1) is 0 Å². The van der Waals surface area contributed by atoms with Crippen molar-refractivity contribution in [1.82, 2.24) is 15.2 Å². The number of aromatic nitrogens is 1. The molecule has 5 heteroatoms. The van der Waals surface area contributed by atoms with Crippen molar-refractivity contribution in [2.75, 3.05) is 19.6 Å². The fraction of sp³-hybridized carbons (Fsp3) is 0.417. The van der Waals surface area contributed by atoms with E-state index in [4.69, 9.17) is 4.42 Å². The number of benzene rings is 1. The lowest BCUT2D eigenvalue weighted by molar-refractivity contribution is 0.430. The van der Waals surface area contributed by atoms with Crippen LogP contribution < -0.4 is 16.4 Å². The second kappa shape index (κ2) is 4.01. The van der Waals surface area contributed by atoms with E-state index in [0.717, 1.165) is 25.2 Å². The summed E-state index contributed by atoms with van der Waals surface area (Å²) in [6.07, 6.45) is 0. The van der Waals surface area contributed by atoms with E-state index in [9.17, 15) is 4.79 Å². The number of oxazole rings is 1. The summed E-state index contributed by atoms with van der Waals surface area (Å²) in [4.78, 5) is 11.4. The monoisotopic (exact) mass is 233 g/mol. The first-order chi connectivity index (χ1) is 8.25. The van der Waals surface area contributed by atoms with Crippen LogP contribution in [0.1, 0.15) is 11.6 Å². The molecule has 3 rings (SSSR count).